The molecule has 0 fully saturated rings. The number of amides is 1. The summed E-state index contributed by atoms with van der Waals surface area (Å²) in [6.07, 6.45) is 1.19. The fraction of sp³-hybridized carbons (Fsp3) is 0.500. The first-order chi connectivity index (χ1) is 7.90. The molecule has 1 rings (SSSR count). The number of nitrogens with one attached hydrogen (secondary N) is 1. The molecule has 0 aromatic carbocycles. The van der Waals surface area contributed by atoms with Gasteiger partial charge in [0.15, 0.2) is 0 Å². The molecule has 5 nitrogen and oxygen atoms in total. The van der Waals surface area contributed by atoms with Crippen molar-refractivity contribution in [3.8, 4) is 5.88 Å². The number of aromatic nitrogens is 1. The molecule has 94 valence electrons. The summed E-state index contributed by atoms with van der Waals surface area (Å²) >= 11 is 0. The molecule has 0 saturated heterocycles. The van der Waals surface area contributed by atoms with Crippen LogP contribution in [0.4, 0.5) is 4.79 Å². The first-order valence-electron chi connectivity index (χ1n) is 5.36. The SMILES string of the molecule is COc1cc(CNC(=O)OC(C)(C)C)ccn1. The summed E-state index contributed by atoms with van der Waals surface area (Å²) in [6, 6.07) is 3.57. The maximum Gasteiger partial charge on any atom is 0.407 e. The monoisotopic (exact) mass is 238 g/mol. The zero-order valence-electron chi connectivity index (χ0n) is 10.6. The van der Waals surface area contributed by atoms with Crippen LogP contribution >= 0.6 is 0 Å². The van der Waals surface area contributed by atoms with Gasteiger partial charge in [0.1, 0.15) is 5.60 Å². The van der Waals surface area contributed by atoms with E-state index in [9.17, 15) is 4.79 Å². The second-order valence-electron chi connectivity index (χ2n) is 4.56. The second kappa shape index (κ2) is 5.52. The molecular weight excluding hydrogens is 220 g/mol. The molecule has 5 heteroatoms. The van der Waals surface area contributed by atoms with Crippen LogP contribution in [-0.2, 0) is 11.3 Å². The Bertz CT molecular complexity index is 386. The Morgan fingerprint density at radius 3 is 2.76 bits per heavy atom. The number of hydrogen-bond acceptors (Lipinski definition) is 4. The summed E-state index contributed by atoms with van der Waals surface area (Å²) in [5, 5.41) is 2.66. The lowest BCUT2D eigenvalue weighted by Crippen LogP contribution is -2.32. The number of hydrogen-bond donors (Lipinski definition) is 1. The average Bonchev–Trinajstić information content (AvgIpc) is 2.24. The van der Waals surface area contributed by atoms with Crippen molar-refractivity contribution in [2.24, 2.45) is 0 Å². The second-order valence-corrected chi connectivity index (χ2v) is 4.56. The minimum Gasteiger partial charge on any atom is -0.481 e. The largest absolute Gasteiger partial charge is 0.481 e. The summed E-state index contributed by atoms with van der Waals surface area (Å²) in [6.45, 7) is 5.85. The molecule has 1 aromatic rings. The summed E-state index contributed by atoms with van der Waals surface area (Å²) in [5.74, 6) is 0.522. The summed E-state index contributed by atoms with van der Waals surface area (Å²) in [5.41, 5.74) is 0.419. The minimum absolute atomic E-state index is 0.383. The van der Waals surface area contributed by atoms with Gasteiger partial charge in [0.25, 0.3) is 0 Å². The molecular formula is C12H18N2O3. The Hall–Kier alpha value is -1.78. The molecule has 17 heavy (non-hydrogen) atoms. The van der Waals surface area contributed by atoms with E-state index in [0.29, 0.717) is 12.4 Å². The Kier molecular flexibility index (Phi) is 4.31. The van der Waals surface area contributed by atoms with Gasteiger partial charge in [-0.25, -0.2) is 9.78 Å². The van der Waals surface area contributed by atoms with Gasteiger partial charge in [0, 0.05) is 18.8 Å². The number of alkyl carbamates (subject to hydrolysis) is 1. The van der Waals surface area contributed by atoms with E-state index in [-0.39, 0.29) is 0 Å². The Labute approximate surface area is 101 Å². The Morgan fingerprint density at radius 1 is 1.47 bits per heavy atom. The highest BCUT2D eigenvalue weighted by molar-refractivity contribution is 5.67. The number of carbonyl (C=O) groups excluding carboxylic acids is 1. The molecule has 0 atom stereocenters. The highest BCUT2D eigenvalue weighted by Gasteiger charge is 2.15. The van der Waals surface area contributed by atoms with Crippen LogP contribution in [0.5, 0.6) is 5.88 Å². The maximum atomic E-state index is 11.4. The highest BCUT2D eigenvalue weighted by atomic mass is 16.6. The van der Waals surface area contributed by atoms with Crippen molar-refractivity contribution in [3.05, 3.63) is 23.9 Å². The predicted molar refractivity (Wildman–Crippen MR) is 63.9 cm³/mol. The van der Waals surface area contributed by atoms with Crippen molar-refractivity contribution >= 4 is 6.09 Å². The van der Waals surface area contributed by atoms with Gasteiger partial charge in [0.2, 0.25) is 5.88 Å². The van der Waals surface area contributed by atoms with Crippen LogP contribution < -0.4 is 10.1 Å². The van der Waals surface area contributed by atoms with Crippen molar-refractivity contribution in [2.45, 2.75) is 32.9 Å². The van der Waals surface area contributed by atoms with Crippen LogP contribution in [0.25, 0.3) is 0 Å². The lowest BCUT2D eigenvalue weighted by Gasteiger charge is -2.19. The molecule has 1 amide bonds. The van der Waals surface area contributed by atoms with Crippen molar-refractivity contribution in [1.29, 1.82) is 0 Å². The van der Waals surface area contributed by atoms with Crippen LogP contribution in [0.3, 0.4) is 0 Å². The van der Waals surface area contributed by atoms with E-state index in [0.717, 1.165) is 5.56 Å². The van der Waals surface area contributed by atoms with E-state index in [4.69, 9.17) is 9.47 Å². The number of ether oxygens (including phenoxy) is 2. The first kappa shape index (κ1) is 13.3. The lowest BCUT2D eigenvalue weighted by molar-refractivity contribution is 0.0523. The summed E-state index contributed by atoms with van der Waals surface area (Å²) in [7, 11) is 1.55. The van der Waals surface area contributed by atoms with E-state index in [1.807, 2.05) is 20.8 Å². The Balaban J connectivity index is 2.47. The van der Waals surface area contributed by atoms with Crippen LogP contribution in [0.1, 0.15) is 26.3 Å². The third-order valence-electron chi connectivity index (χ3n) is 1.84. The summed E-state index contributed by atoms with van der Waals surface area (Å²) in [4.78, 5) is 15.4. The van der Waals surface area contributed by atoms with E-state index < -0.39 is 11.7 Å². The standard InChI is InChI=1S/C12H18N2O3/c1-12(2,3)17-11(15)14-8-9-5-6-13-10(7-9)16-4/h5-7H,8H2,1-4H3,(H,14,15). The van der Waals surface area contributed by atoms with Crippen molar-refractivity contribution in [1.82, 2.24) is 10.3 Å². The minimum atomic E-state index is -0.486. The van der Waals surface area contributed by atoms with Gasteiger partial charge in [-0.15, -0.1) is 0 Å². The summed E-state index contributed by atoms with van der Waals surface area (Å²) < 4.78 is 10.1. The van der Waals surface area contributed by atoms with Crippen molar-refractivity contribution in [3.63, 3.8) is 0 Å². The zero-order valence-corrected chi connectivity index (χ0v) is 10.6. The number of pyridine rings is 1. The van der Waals surface area contributed by atoms with Crippen LogP contribution in [0, 0.1) is 0 Å². The first-order valence-corrected chi connectivity index (χ1v) is 5.36. The predicted octanol–water partition coefficient (Wildman–Crippen LogP) is 2.11. The molecule has 0 radical (unpaired) electrons. The smallest absolute Gasteiger partial charge is 0.407 e. The zero-order chi connectivity index (χ0) is 12.9. The van der Waals surface area contributed by atoms with Gasteiger partial charge in [-0.2, -0.15) is 0 Å². The van der Waals surface area contributed by atoms with Gasteiger partial charge in [-0.1, -0.05) is 0 Å². The van der Waals surface area contributed by atoms with E-state index in [1.165, 1.54) is 0 Å². The molecule has 0 spiro atoms. The van der Waals surface area contributed by atoms with Gasteiger partial charge < -0.3 is 14.8 Å². The molecule has 0 aliphatic rings. The van der Waals surface area contributed by atoms with E-state index in [1.54, 1.807) is 25.4 Å². The fourth-order valence-electron chi connectivity index (χ4n) is 1.16. The number of rotatable bonds is 3. The van der Waals surface area contributed by atoms with Gasteiger partial charge in [0.05, 0.1) is 7.11 Å². The molecule has 0 aliphatic heterocycles. The number of carbonyl (C=O) groups is 1. The van der Waals surface area contributed by atoms with Crippen molar-refractivity contribution in [2.75, 3.05) is 7.11 Å². The van der Waals surface area contributed by atoms with Gasteiger partial charge in [-0.05, 0) is 32.4 Å². The molecule has 0 unspecified atom stereocenters. The topological polar surface area (TPSA) is 60.5 Å². The van der Waals surface area contributed by atoms with Crippen LogP contribution in [-0.4, -0.2) is 23.8 Å². The van der Waals surface area contributed by atoms with E-state index >= 15 is 0 Å². The quantitative estimate of drug-likeness (QED) is 0.876. The average molecular weight is 238 g/mol. The molecule has 1 N–H and O–H groups in total. The highest BCUT2D eigenvalue weighted by Crippen LogP contribution is 2.09. The van der Waals surface area contributed by atoms with Gasteiger partial charge in [-0.3, -0.25) is 0 Å². The fourth-order valence-corrected chi connectivity index (χ4v) is 1.16. The van der Waals surface area contributed by atoms with E-state index in [2.05, 4.69) is 10.3 Å². The number of nitrogens with zero attached hydrogens (tertiary/aromatic N) is 1. The molecule has 1 aromatic heterocycles. The third kappa shape index (κ3) is 5.19. The normalized spacial score (nSPS) is 10.8. The third-order valence-corrected chi connectivity index (χ3v) is 1.84. The Morgan fingerprint density at radius 2 is 2.18 bits per heavy atom. The number of methoxy groups -OCH3 is 1. The van der Waals surface area contributed by atoms with Crippen LogP contribution in [0.2, 0.25) is 0 Å². The molecule has 0 bridgehead atoms. The lowest BCUT2D eigenvalue weighted by atomic mass is 10.2. The van der Waals surface area contributed by atoms with Crippen molar-refractivity contribution < 1.29 is 14.3 Å². The van der Waals surface area contributed by atoms with Crippen LogP contribution in [0.15, 0.2) is 18.3 Å². The maximum absolute atomic E-state index is 11.4. The molecule has 0 aliphatic carbocycles. The molecule has 1 heterocycles. The molecule has 0 saturated carbocycles. The van der Waals surface area contributed by atoms with Gasteiger partial charge >= 0.3 is 6.09 Å².